The van der Waals surface area contributed by atoms with Crippen LogP contribution in [0.4, 0.5) is 31.1 Å². The summed E-state index contributed by atoms with van der Waals surface area (Å²) in [4.78, 5) is 13.6. The van der Waals surface area contributed by atoms with Gasteiger partial charge in [-0.3, -0.25) is 0 Å². The fourth-order valence-corrected chi connectivity index (χ4v) is 3.27. The lowest BCUT2D eigenvalue weighted by molar-refractivity contribution is -0.309. The molecular weight excluding hydrogens is 357 g/mol. The minimum Gasteiger partial charge on any atom is -0.427 e. The molecule has 1 N–H and O–H groups in total. The van der Waals surface area contributed by atoms with Crippen molar-refractivity contribution in [2.45, 2.75) is 39.8 Å². The van der Waals surface area contributed by atoms with E-state index in [1.807, 2.05) is 0 Å². The average molecular weight is 375 g/mol. The molecule has 0 aromatic rings. The Kier molecular flexibility index (Phi) is 5.54. The maximum absolute atomic E-state index is 12.8. The topological polar surface area (TPSA) is 41.6 Å². The standard InChI is InChI=1S/C8H18B8F6N2O2/c9-5(10)7(13,14)24(8(15,16)6(11,12)23-5)2(25)26-1(3(17,18)19)4(20,21)22/h1,23H,9-16H2. The molecule has 1 aliphatic heterocycles. The van der Waals surface area contributed by atoms with Crippen LogP contribution in [-0.2, 0) is 4.74 Å². The highest BCUT2D eigenvalue weighted by atomic mass is 19.4. The molecule has 1 amide bonds. The lowest BCUT2D eigenvalue weighted by atomic mass is 9.27. The fraction of sp³-hybridized carbons (Fsp3) is 0.875. The van der Waals surface area contributed by atoms with Crippen LogP contribution in [-0.4, -0.2) is 114 Å². The normalized spacial score (nSPS) is 24.2. The molecule has 0 spiro atoms. The number of amides is 1. The summed E-state index contributed by atoms with van der Waals surface area (Å²) in [5, 5.41) is -0.623. The predicted octanol–water partition coefficient (Wildman–Crippen LogP) is -6.80. The lowest BCUT2D eigenvalue weighted by Crippen LogP contribution is -2.92. The molecule has 0 aliphatic carbocycles. The van der Waals surface area contributed by atoms with Crippen molar-refractivity contribution in [2.75, 3.05) is 0 Å². The molecule has 4 nitrogen and oxygen atoms in total. The van der Waals surface area contributed by atoms with Crippen molar-refractivity contribution in [1.29, 1.82) is 0 Å². The van der Waals surface area contributed by atoms with E-state index in [-0.39, 0.29) is 0 Å². The van der Waals surface area contributed by atoms with Crippen LogP contribution < -0.4 is 5.32 Å². The number of carbonyl (C=O) groups excluding carboxylic acids is 1. The van der Waals surface area contributed by atoms with Crippen molar-refractivity contribution in [1.82, 2.24) is 10.2 Å². The molecule has 0 aromatic carbocycles. The lowest BCUT2D eigenvalue weighted by Gasteiger charge is -2.68. The van der Waals surface area contributed by atoms with E-state index in [1.165, 1.54) is 0 Å². The second-order valence-electron chi connectivity index (χ2n) is 8.68. The number of hydrogen-bond donors (Lipinski definition) is 1. The van der Waals surface area contributed by atoms with Gasteiger partial charge in [0.2, 0.25) is 0 Å². The first-order chi connectivity index (χ1) is 11.1. The Labute approximate surface area is 155 Å². The van der Waals surface area contributed by atoms with Gasteiger partial charge >= 0.3 is 18.4 Å². The van der Waals surface area contributed by atoms with E-state index in [4.69, 9.17) is 0 Å². The summed E-state index contributed by atoms with van der Waals surface area (Å²) in [5.41, 5.74) is 0. The second kappa shape index (κ2) is 6.17. The summed E-state index contributed by atoms with van der Waals surface area (Å²) in [6, 6.07) is 0. The summed E-state index contributed by atoms with van der Waals surface area (Å²) in [7, 11) is 13.1. The van der Waals surface area contributed by atoms with E-state index >= 15 is 0 Å². The predicted molar refractivity (Wildman–Crippen MR) is 107 cm³/mol. The second-order valence-corrected chi connectivity index (χ2v) is 8.68. The number of nitrogens with zero attached hydrogens (tertiary/aromatic N) is 1. The van der Waals surface area contributed by atoms with E-state index in [9.17, 15) is 31.1 Å². The summed E-state index contributed by atoms with van der Waals surface area (Å²) in [5.74, 6) is 0. The molecule has 26 heavy (non-hydrogen) atoms. The van der Waals surface area contributed by atoms with Gasteiger partial charge in [-0.05, 0) is 21.4 Å². The molecule has 1 rings (SSSR count). The molecule has 18 heteroatoms. The third-order valence-corrected chi connectivity index (χ3v) is 5.80. The maximum atomic E-state index is 12.8. The third kappa shape index (κ3) is 3.80. The number of nitrogens with one attached hydrogen (secondary N) is 1. The number of piperazine rings is 1. The van der Waals surface area contributed by atoms with Crippen LogP contribution in [0.5, 0.6) is 0 Å². The van der Waals surface area contributed by atoms with Gasteiger partial charge in [-0.2, -0.15) is 26.3 Å². The fourth-order valence-electron chi connectivity index (χ4n) is 3.27. The van der Waals surface area contributed by atoms with Crippen LogP contribution >= 0.6 is 0 Å². The molecule has 0 aromatic heterocycles. The largest absolute Gasteiger partial charge is 0.434 e. The van der Waals surface area contributed by atoms with Gasteiger partial charge in [0.1, 0.15) is 62.8 Å². The molecule has 0 saturated carbocycles. The van der Waals surface area contributed by atoms with Crippen LogP contribution in [0, 0.1) is 0 Å². The molecule has 1 heterocycles. The molecular formula is C8H18B8F6N2O2. The van der Waals surface area contributed by atoms with E-state index in [2.05, 4.69) is 10.1 Å². The maximum Gasteiger partial charge on any atom is 0.434 e. The Bertz CT molecular complexity index is 540. The Morgan fingerprint density at radius 1 is 0.808 bits per heavy atom. The quantitative estimate of drug-likeness (QED) is 0.366. The SMILES string of the molecule is BC1(B)NC(B)(B)C(B)(B)N(C(=O)OC(C(F)(F)F)C(F)(F)F)C1(B)B. The van der Waals surface area contributed by atoms with E-state index < -0.39 is 45.9 Å². The van der Waals surface area contributed by atoms with Crippen molar-refractivity contribution in [3.8, 4) is 0 Å². The molecule has 138 valence electrons. The van der Waals surface area contributed by atoms with E-state index in [0.29, 0.717) is 0 Å². The Balaban J connectivity index is 3.42. The minimum absolute atomic E-state index is 0.822. The molecule has 0 bridgehead atoms. The van der Waals surface area contributed by atoms with Gasteiger partial charge in [0.15, 0.2) is 0 Å². The van der Waals surface area contributed by atoms with Crippen molar-refractivity contribution < 1.29 is 35.9 Å². The van der Waals surface area contributed by atoms with Gasteiger partial charge in [0, 0.05) is 0 Å². The molecule has 1 saturated heterocycles. The highest BCUT2D eigenvalue weighted by molar-refractivity contribution is 6.60. The monoisotopic (exact) mass is 376 g/mol. The number of alkyl halides is 6. The van der Waals surface area contributed by atoms with Gasteiger partial charge in [-0.1, -0.05) is 0 Å². The zero-order valence-electron chi connectivity index (χ0n) is 16.1. The summed E-state index contributed by atoms with van der Waals surface area (Å²) < 4.78 is 80.8. The highest BCUT2D eigenvalue weighted by Gasteiger charge is 2.63. The number of rotatable bonds is 1. The smallest absolute Gasteiger partial charge is 0.427 e. The zero-order valence-corrected chi connectivity index (χ0v) is 16.1. The number of ether oxygens (including phenoxy) is 1. The number of carbonyl (C=O) groups is 1. The Morgan fingerprint density at radius 3 is 1.38 bits per heavy atom. The van der Waals surface area contributed by atoms with E-state index in [1.54, 1.807) is 62.8 Å². The highest BCUT2D eigenvalue weighted by Crippen LogP contribution is 2.39. The molecule has 0 atom stereocenters. The molecule has 1 fully saturated rings. The van der Waals surface area contributed by atoms with Gasteiger partial charge in [0.25, 0.3) is 6.10 Å². The van der Waals surface area contributed by atoms with Gasteiger partial charge in [-0.15, -0.1) is 0 Å². The van der Waals surface area contributed by atoms with Crippen LogP contribution in [0.3, 0.4) is 0 Å². The van der Waals surface area contributed by atoms with Crippen molar-refractivity contribution in [3.05, 3.63) is 0 Å². The average Bonchev–Trinajstić information content (AvgIpc) is 2.29. The van der Waals surface area contributed by atoms with Crippen LogP contribution in [0.25, 0.3) is 0 Å². The Hall–Kier alpha value is -0.671. The van der Waals surface area contributed by atoms with Crippen molar-refractivity contribution >= 4 is 68.9 Å². The Morgan fingerprint density at radius 2 is 1.12 bits per heavy atom. The molecule has 0 unspecified atom stereocenters. The number of hydrogen-bond acceptors (Lipinski definition) is 3. The summed E-state index contributed by atoms with van der Waals surface area (Å²) in [6.45, 7) is 0. The van der Waals surface area contributed by atoms with Crippen LogP contribution in [0.15, 0.2) is 0 Å². The first-order valence-corrected chi connectivity index (χ1v) is 8.03. The zero-order chi connectivity index (χ0) is 21.1. The van der Waals surface area contributed by atoms with Gasteiger partial charge in [0.05, 0.1) is 0 Å². The molecule has 0 radical (unpaired) electrons. The first-order valence-electron chi connectivity index (χ1n) is 8.03. The molecule has 1 aliphatic rings. The van der Waals surface area contributed by atoms with E-state index in [0.717, 1.165) is 4.90 Å². The van der Waals surface area contributed by atoms with Crippen molar-refractivity contribution in [2.24, 2.45) is 0 Å². The number of halogens is 6. The van der Waals surface area contributed by atoms with Crippen molar-refractivity contribution in [3.63, 3.8) is 0 Å². The summed E-state index contributed by atoms with van der Waals surface area (Å²) >= 11 is 0. The van der Waals surface area contributed by atoms with Crippen LogP contribution in [0.2, 0.25) is 0 Å². The third-order valence-electron chi connectivity index (χ3n) is 5.80. The first kappa shape index (κ1) is 23.4. The van der Waals surface area contributed by atoms with Crippen LogP contribution in [0.1, 0.15) is 0 Å². The van der Waals surface area contributed by atoms with Gasteiger partial charge < -0.3 is 15.0 Å². The minimum atomic E-state index is -5.76. The summed E-state index contributed by atoms with van der Waals surface area (Å²) in [6.07, 6.45) is -17.4. The van der Waals surface area contributed by atoms with Gasteiger partial charge in [-0.25, -0.2) is 4.79 Å².